The molecule has 0 bridgehead atoms. The van der Waals surface area contributed by atoms with Gasteiger partial charge in [-0.15, -0.1) is 0 Å². The van der Waals surface area contributed by atoms with Crippen LogP contribution in [0.4, 0.5) is 0 Å². The van der Waals surface area contributed by atoms with E-state index in [1.54, 1.807) is 25.3 Å². The number of hydrogen-bond acceptors (Lipinski definition) is 3. The highest BCUT2D eigenvalue weighted by atomic mass is 32.2. The van der Waals surface area contributed by atoms with Gasteiger partial charge in [0.1, 0.15) is 5.75 Å². The minimum Gasteiger partial charge on any atom is -0.496 e. The predicted molar refractivity (Wildman–Crippen MR) is 86.2 cm³/mol. The fourth-order valence-electron chi connectivity index (χ4n) is 2.49. The smallest absolute Gasteiger partial charge is 0.240 e. The van der Waals surface area contributed by atoms with E-state index in [-0.39, 0.29) is 17.9 Å². The number of aryl methyl sites for hydroxylation is 1. The highest BCUT2D eigenvalue weighted by molar-refractivity contribution is 7.89. The number of nitrogens with one attached hydrogen (secondary N) is 1. The fourth-order valence-corrected chi connectivity index (χ4v) is 4.07. The van der Waals surface area contributed by atoms with Gasteiger partial charge in [0.15, 0.2) is 0 Å². The molecule has 0 saturated carbocycles. The van der Waals surface area contributed by atoms with Crippen molar-refractivity contribution < 1.29 is 13.2 Å². The fraction of sp³-hybridized carbons (Fsp3) is 0.625. The molecule has 0 spiro atoms. The highest BCUT2D eigenvalue weighted by Gasteiger charge is 2.25. The van der Waals surface area contributed by atoms with E-state index in [1.807, 2.05) is 34.6 Å². The van der Waals surface area contributed by atoms with Gasteiger partial charge in [0.25, 0.3) is 0 Å². The van der Waals surface area contributed by atoms with Gasteiger partial charge in [0.2, 0.25) is 10.0 Å². The zero-order chi connectivity index (χ0) is 16.2. The number of sulfonamides is 1. The molecule has 5 heteroatoms. The quantitative estimate of drug-likeness (QED) is 0.841. The maximum absolute atomic E-state index is 12.6. The maximum Gasteiger partial charge on any atom is 0.240 e. The topological polar surface area (TPSA) is 55.4 Å². The molecule has 0 radical (unpaired) electrons. The van der Waals surface area contributed by atoms with E-state index in [4.69, 9.17) is 4.74 Å². The predicted octanol–water partition coefficient (Wildman–Crippen LogP) is 3.22. The number of benzene rings is 1. The van der Waals surface area contributed by atoms with Crippen molar-refractivity contribution in [3.63, 3.8) is 0 Å². The Morgan fingerprint density at radius 1 is 1.14 bits per heavy atom. The number of methoxy groups -OCH3 is 1. The zero-order valence-corrected chi connectivity index (χ0v) is 14.6. The van der Waals surface area contributed by atoms with Crippen molar-refractivity contribution >= 4 is 10.0 Å². The van der Waals surface area contributed by atoms with Gasteiger partial charge in [0.05, 0.1) is 12.0 Å². The van der Waals surface area contributed by atoms with Crippen molar-refractivity contribution in [1.82, 2.24) is 4.72 Å². The summed E-state index contributed by atoms with van der Waals surface area (Å²) in [4.78, 5) is 0.298. The van der Waals surface area contributed by atoms with Crippen molar-refractivity contribution in [3.8, 4) is 5.75 Å². The molecule has 0 aliphatic carbocycles. The Bertz CT molecular complexity index is 557. The van der Waals surface area contributed by atoms with Crippen LogP contribution in [0.3, 0.4) is 0 Å². The molecule has 21 heavy (non-hydrogen) atoms. The summed E-state index contributed by atoms with van der Waals surface area (Å²) in [5.74, 6) is 1.20. The molecule has 1 rings (SSSR count). The van der Waals surface area contributed by atoms with Crippen LogP contribution in [0.15, 0.2) is 23.1 Å². The maximum atomic E-state index is 12.6. The van der Waals surface area contributed by atoms with Crippen molar-refractivity contribution in [1.29, 1.82) is 0 Å². The van der Waals surface area contributed by atoms with Crippen molar-refractivity contribution in [3.05, 3.63) is 23.8 Å². The Hall–Kier alpha value is -1.07. The number of rotatable bonds is 7. The van der Waals surface area contributed by atoms with Gasteiger partial charge in [-0.25, -0.2) is 13.1 Å². The van der Waals surface area contributed by atoms with Gasteiger partial charge >= 0.3 is 0 Å². The first-order chi connectivity index (χ1) is 9.72. The van der Waals surface area contributed by atoms with E-state index in [1.165, 1.54) is 0 Å². The van der Waals surface area contributed by atoms with E-state index in [2.05, 4.69) is 4.72 Å². The summed E-state index contributed by atoms with van der Waals surface area (Å²) in [5.41, 5.74) is 0.894. The molecule has 0 aliphatic heterocycles. The molecule has 0 amide bonds. The summed E-state index contributed by atoms with van der Waals surface area (Å²) in [6, 6.07) is 4.92. The SMILES string of the molecule is CCc1cc(S(=O)(=O)NC(C(C)C)C(C)C)ccc1OC. The second-order valence-corrected chi connectivity index (χ2v) is 7.68. The highest BCUT2D eigenvalue weighted by Crippen LogP contribution is 2.24. The van der Waals surface area contributed by atoms with Crippen LogP contribution in [0, 0.1) is 11.8 Å². The minimum absolute atomic E-state index is 0.0813. The van der Waals surface area contributed by atoms with Crippen LogP contribution in [0.2, 0.25) is 0 Å². The summed E-state index contributed by atoms with van der Waals surface area (Å²) in [7, 11) is -1.92. The third-order valence-corrected chi connectivity index (χ3v) is 5.13. The molecule has 0 aliphatic rings. The lowest BCUT2D eigenvalue weighted by Crippen LogP contribution is -2.42. The minimum atomic E-state index is -3.51. The average molecular weight is 313 g/mol. The van der Waals surface area contributed by atoms with Gasteiger partial charge in [-0.3, -0.25) is 0 Å². The molecule has 0 unspecified atom stereocenters. The standard InChI is InChI=1S/C16H27NO3S/c1-7-13-10-14(8-9-15(13)20-6)21(18,19)17-16(11(2)3)12(4)5/h8-12,16-17H,7H2,1-6H3. The Labute approximate surface area is 129 Å². The van der Waals surface area contributed by atoms with Gasteiger partial charge in [0, 0.05) is 6.04 Å². The van der Waals surface area contributed by atoms with E-state index in [9.17, 15) is 8.42 Å². The lowest BCUT2D eigenvalue weighted by atomic mass is 9.94. The monoisotopic (exact) mass is 313 g/mol. The first-order valence-electron chi connectivity index (χ1n) is 7.42. The molecule has 0 aromatic heterocycles. The molecule has 0 atom stereocenters. The lowest BCUT2D eigenvalue weighted by Gasteiger charge is -2.26. The molecule has 1 aromatic carbocycles. The molecular formula is C16H27NO3S. The zero-order valence-electron chi connectivity index (χ0n) is 13.8. The Morgan fingerprint density at radius 2 is 1.71 bits per heavy atom. The Kier molecular flexibility index (Phi) is 6.23. The molecular weight excluding hydrogens is 286 g/mol. The summed E-state index contributed by atoms with van der Waals surface area (Å²) >= 11 is 0. The average Bonchev–Trinajstić information content (AvgIpc) is 2.43. The molecule has 120 valence electrons. The molecule has 1 aromatic rings. The number of ether oxygens (including phenoxy) is 1. The molecule has 0 fully saturated rings. The largest absolute Gasteiger partial charge is 0.496 e. The third-order valence-electron chi connectivity index (χ3n) is 3.67. The summed E-state index contributed by atoms with van der Waals surface area (Å²) < 4.78 is 33.2. The van der Waals surface area contributed by atoms with Crippen molar-refractivity contribution in [2.75, 3.05) is 7.11 Å². The summed E-state index contributed by atoms with van der Waals surface area (Å²) in [6.45, 7) is 10.1. The van der Waals surface area contributed by atoms with Gasteiger partial charge in [-0.05, 0) is 42.0 Å². The second-order valence-electron chi connectivity index (χ2n) is 5.96. The summed E-state index contributed by atoms with van der Waals surface area (Å²) in [6.07, 6.45) is 0.727. The van der Waals surface area contributed by atoms with Crippen LogP contribution in [0.5, 0.6) is 5.75 Å². The van der Waals surface area contributed by atoms with Crippen LogP contribution in [-0.4, -0.2) is 21.6 Å². The van der Waals surface area contributed by atoms with Crippen molar-refractivity contribution in [2.45, 2.75) is 52.0 Å². The van der Waals surface area contributed by atoms with Gasteiger partial charge in [-0.1, -0.05) is 34.6 Å². The number of hydrogen-bond donors (Lipinski definition) is 1. The Morgan fingerprint density at radius 3 is 2.14 bits per heavy atom. The summed E-state index contributed by atoms with van der Waals surface area (Å²) in [5, 5.41) is 0. The molecule has 0 saturated heterocycles. The first-order valence-corrected chi connectivity index (χ1v) is 8.90. The van der Waals surface area contributed by atoms with Crippen molar-refractivity contribution in [2.24, 2.45) is 11.8 Å². The van der Waals surface area contributed by atoms with Crippen LogP contribution in [-0.2, 0) is 16.4 Å². The Balaban J connectivity index is 3.13. The van der Waals surface area contributed by atoms with Crippen LogP contribution in [0.25, 0.3) is 0 Å². The first kappa shape index (κ1) is 18.0. The van der Waals surface area contributed by atoms with Gasteiger partial charge < -0.3 is 4.74 Å². The molecule has 1 N–H and O–H groups in total. The van der Waals surface area contributed by atoms with E-state index in [0.717, 1.165) is 17.7 Å². The van der Waals surface area contributed by atoms with E-state index >= 15 is 0 Å². The molecule has 0 heterocycles. The lowest BCUT2D eigenvalue weighted by molar-refractivity contribution is 0.355. The van der Waals surface area contributed by atoms with E-state index in [0.29, 0.717) is 4.90 Å². The van der Waals surface area contributed by atoms with Crippen LogP contribution in [0.1, 0.15) is 40.2 Å². The molecule has 4 nitrogen and oxygen atoms in total. The van der Waals surface area contributed by atoms with Crippen LogP contribution < -0.4 is 9.46 Å². The van der Waals surface area contributed by atoms with E-state index < -0.39 is 10.0 Å². The van der Waals surface area contributed by atoms with Crippen LogP contribution >= 0.6 is 0 Å². The second kappa shape index (κ2) is 7.27. The van der Waals surface area contributed by atoms with Gasteiger partial charge in [-0.2, -0.15) is 0 Å². The third kappa shape index (κ3) is 4.45. The normalized spacial score (nSPS) is 12.4.